The molecule has 2 aromatic carbocycles. The van der Waals surface area contributed by atoms with Crippen LogP contribution in [0.5, 0.6) is 11.5 Å². The Morgan fingerprint density at radius 3 is 2.25 bits per heavy atom. The number of anilines is 1. The summed E-state index contributed by atoms with van der Waals surface area (Å²) in [5.74, 6) is -0.857. The molecular formula is C17H17FN2O4. The summed E-state index contributed by atoms with van der Waals surface area (Å²) < 4.78 is 23.7. The van der Waals surface area contributed by atoms with Crippen LogP contribution < -0.4 is 20.1 Å². The van der Waals surface area contributed by atoms with Gasteiger partial charge in [0.2, 0.25) is 0 Å². The van der Waals surface area contributed by atoms with Crippen molar-refractivity contribution >= 4 is 17.5 Å². The lowest BCUT2D eigenvalue weighted by Crippen LogP contribution is -2.19. The van der Waals surface area contributed by atoms with Crippen LogP contribution in [0.4, 0.5) is 10.1 Å². The van der Waals surface area contributed by atoms with E-state index < -0.39 is 11.7 Å². The molecular weight excluding hydrogens is 315 g/mol. The van der Waals surface area contributed by atoms with Gasteiger partial charge in [-0.3, -0.25) is 9.59 Å². The summed E-state index contributed by atoms with van der Waals surface area (Å²) in [4.78, 5) is 24.2. The van der Waals surface area contributed by atoms with E-state index >= 15 is 0 Å². The molecule has 126 valence electrons. The lowest BCUT2D eigenvalue weighted by molar-refractivity contribution is 0.0961. The van der Waals surface area contributed by atoms with Crippen LogP contribution in [0, 0.1) is 5.82 Å². The Morgan fingerprint density at radius 2 is 1.62 bits per heavy atom. The Labute approximate surface area is 138 Å². The fraction of sp³-hybridized carbons (Fsp3) is 0.176. The summed E-state index contributed by atoms with van der Waals surface area (Å²) >= 11 is 0. The van der Waals surface area contributed by atoms with Crippen LogP contribution in [-0.4, -0.2) is 33.1 Å². The molecule has 0 aromatic heterocycles. The Hall–Kier alpha value is -3.09. The Morgan fingerprint density at radius 1 is 0.958 bits per heavy atom. The van der Waals surface area contributed by atoms with Crippen molar-refractivity contribution in [2.45, 2.75) is 0 Å². The quantitative estimate of drug-likeness (QED) is 0.882. The fourth-order valence-corrected chi connectivity index (χ4v) is 2.14. The number of nitrogens with one attached hydrogen (secondary N) is 2. The van der Waals surface area contributed by atoms with Crippen molar-refractivity contribution in [1.29, 1.82) is 0 Å². The van der Waals surface area contributed by atoms with Gasteiger partial charge in [0, 0.05) is 12.6 Å². The molecule has 6 nitrogen and oxygen atoms in total. The second-order valence-electron chi connectivity index (χ2n) is 4.79. The van der Waals surface area contributed by atoms with Crippen LogP contribution in [0.1, 0.15) is 20.7 Å². The van der Waals surface area contributed by atoms with Gasteiger partial charge in [-0.05, 0) is 36.4 Å². The third-order valence-electron chi connectivity index (χ3n) is 3.34. The summed E-state index contributed by atoms with van der Waals surface area (Å²) in [6.07, 6.45) is 0. The molecule has 0 saturated heterocycles. The second-order valence-corrected chi connectivity index (χ2v) is 4.79. The Balaban J connectivity index is 2.38. The molecule has 0 aliphatic carbocycles. The molecule has 7 heteroatoms. The van der Waals surface area contributed by atoms with Crippen LogP contribution in [0.25, 0.3) is 0 Å². The molecule has 0 spiro atoms. The van der Waals surface area contributed by atoms with Gasteiger partial charge in [0.1, 0.15) is 17.3 Å². The number of methoxy groups -OCH3 is 2. The molecule has 2 aromatic rings. The van der Waals surface area contributed by atoms with E-state index in [9.17, 15) is 14.0 Å². The van der Waals surface area contributed by atoms with Gasteiger partial charge < -0.3 is 20.1 Å². The first-order chi connectivity index (χ1) is 11.5. The molecule has 2 rings (SSSR count). The van der Waals surface area contributed by atoms with Crippen molar-refractivity contribution in [2.75, 3.05) is 26.6 Å². The zero-order valence-corrected chi connectivity index (χ0v) is 13.5. The van der Waals surface area contributed by atoms with Crippen LogP contribution in [0.2, 0.25) is 0 Å². The predicted octanol–water partition coefficient (Wildman–Crippen LogP) is 2.45. The summed E-state index contributed by atoms with van der Waals surface area (Å²) in [7, 11) is 4.33. The highest BCUT2D eigenvalue weighted by molar-refractivity contribution is 6.07. The maximum atomic E-state index is 13.4. The largest absolute Gasteiger partial charge is 0.496 e. The Kier molecular flexibility index (Phi) is 5.36. The smallest absolute Gasteiger partial charge is 0.259 e. The molecule has 0 saturated carbocycles. The summed E-state index contributed by atoms with van der Waals surface area (Å²) in [5, 5.41) is 5.10. The normalized spacial score (nSPS) is 10.0. The second kappa shape index (κ2) is 7.45. The van der Waals surface area contributed by atoms with Gasteiger partial charge >= 0.3 is 0 Å². The number of benzene rings is 2. The topological polar surface area (TPSA) is 76.7 Å². The van der Waals surface area contributed by atoms with Crippen molar-refractivity contribution in [3.05, 3.63) is 53.3 Å². The van der Waals surface area contributed by atoms with Crippen molar-refractivity contribution in [1.82, 2.24) is 5.32 Å². The molecule has 0 aliphatic rings. The average Bonchev–Trinajstić information content (AvgIpc) is 2.60. The predicted molar refractivity (Wildman–Crippen MR) is 87.3 cm³/mol. The van der Waals surface area contributed by atoms with Crippen LogP contribution in [0.3, 0.4) is 0 Å². The number of carbonyl (C=O) groups excluding carboxylic acids is 2. The lowest BCUT2D eigenvalue weighted by atomic mass is 10.1. The monoisotopic (exact) mass is 332 g/mol. The lowest BCUT2D eigenvalue weighted by Gasteiger charge is -2.13. The van der Waals surface area contributed by atoms with Gasteiger partial charge in [-0.1, -0.05) is 0 Å². The van der Waals surface area contributed by atoms with Gasteiger partial charge in [0.15, 0.2) is 0 Å². The minimum absolute atomic E-state index is 0.0323. The van der Waals surface area contributed by atoms with Crippen molar-refractivity contribution in [3.63, 3.8) is 0 Å². The standard InChI is InChI=1S/C17H17FN2O4/c1-19-16(21)10-4-6-15(24-3)13(8-10)20-17(22)12-9-11(18)5-7-14(12)23-2/h4-9H,1-3H3,(H,19,21)(H,20,22). The molecule has 0 bridgehead atoms. The van der Waals surface area contributed by atoms with E-state index in [1.807, 2.05) is 0 Å². The third-order valence-corrected chi connectivity index (χ3v) is 3.34. The SMILES string of the molecule is CNC(=O)c1ccc(OC)c(NC(=O)c2cc(F)ccc2OC)c1. The number of carbonyl (C=O) groups is 2. The number of hydrogen-bond donors (Lipinski definition) is 2. The van der Waals surface area contributed by atoms with Gasteiger partial charge in [-0.25, -0.2) is 4.39 Å². The highest BCUT2D eigenvalue weighted by atomic mass is 19.1. The van der Waals surface area contributed by atoms with E-state index in [-0.39, 0.29) is 22.9 Å². The zero-order chi connectivity index (χ0) is 17.7. The van der Waals surface area contributed by atoms with Gasteiger partial charge in [-0.15, -0.1) is 0 Å². The Bertz CT molecular complexity index is 777. The van der Waals surface area contributed by atoms with Gasteiger partial charge in [0.05, 0.1) is 25.5 Å². The number of rotatable bonds is 5. The van der Waals surface area contributed by atoms with Crippen molar-refractivity contribution < 1.29 is 23.5 Å². The highest BCUT2D eigenvalue weighted by Crippen LogP contribution is 2.27. The first-order valence-corrected chi connectivity index (χ1v) is 7.05. The minimum Gasteiger partial charge on any atom is -0.496 e. The summed E-state index contributed by atoms with van der Waals surface area (Å²) in [6, 6.07) is 8.23. The van der Waals surface area contributed by atoms with E-state index in [0.29, 0.717) is 11.3 Å². The van der Waals surface area contributed by atoms with E-state index in [2.05, 4.69) is 10.6 Å². The minimum atomic E-state index is -0.585. The van der Waals surface area contributed by atoms with E-state index in [0.717, 1.165) is 6.07 Å². The number of amides is 2. The van der Waals surface area contributed by atoms with Crippen molar-refractivity contribution in [3.8, 4) is 11.5 Å². The molecule has 0 unspecified atom stereocenters. The first-order valence-electron chi connectivity index (χ1n) is 7.05. The zero-order valence-electron chi connectivity index (χ0n) is 13.5. The van der Waals surface area contributed by atoms with Crippen molar-refractivity contribution in [2.24, 2.45) is 0 Å². The summed E-state index contributed by atoms with van der Waals surface area (Å²) in [6.45, 7) is 0. The molecule has 0 heterocycles. The molecule has 0 radical (unpaired) electrons. The van der Waals surface area contributed by atoms with Crippen LogP contribution in [0.15, 0.2) is 36.4 Å². The van der Waals surface area contributed by atoms with E-state index in [1.165, 1.54) is 39.5 Å². The van der Waals surface area contributed by atoms with Crippen LogP contribution >= 0.6 is 0 Å². The average molecular weight is 332 g/mol. The van der Waals surface area contributed by atoms with Crippen LogP contribution in [-0.2, 0) is 0 Å². The maximum absolute atomic E-state index is 13.4. The number of halogens is 1. The third kappa shape index (κ3) is 3.62. The van der Waals surface area contributed by atoms with E-state index in [4.69, 9.17) is 9.47 Å². The number of hydrogen-bond acceptors (Lipinski definition) is 4. The molecule has 2 amide bonds. The van der Waals surface area contributed by atoms with Gasteiger partial charge in [-0.2, -0.15) is 0 Å². The van der Waals surface area contributed by atoms with Gasteiger partial charge in [0.25, 0.3) is 11.8 Å². The summed E-state index contributed by atoms with van der Waals surface area (Å²) in [5.41, 5.74) is 0.666. The first kappa shape index (κ1) is 17.3. The highest BCUT2D eigenvalue weighted by Gasteiger charge is 2.17. The molecule has 0 atom stereocenters. The molecule has 0 fully saturated rings. The molecule has 2 N–H and O–H groups in total. The number of ether oxygens (including phenoxy) is 2. The van der Waals surface area contributed by atoms with E-state index in [1.54, 1.807) is 12.1 Å². The molecule has 24 heavy (non-hydrogen) atoms. The molecule has 0 aliphatic heterocycles. The maximum Gasteiger partial charge on any atom is 0.259 e. The fourth-order valence-electron chi connectivity index (χ4n) is 2.14.